The molecular weight excluding hydrogens is 196 g/mol. The second-order valence-electron chi connectivity index (χ2n) is 3.80. The van der Waals surface area contributed by atoms with Crippen LogP contribution in [0.1, 0.15) is 13.8 Å². The zero-order valence-corrected chi connectivity index (χ0v) is 8.90. The molecule has 5 nitrogen and oxygen atoms in total. The Morgan fingerprint density at radius 3 is 2.20 bits per heavy atom. The fourth-order valence-electron chi connectivity index (χ4n) is 1.37. The number of hydrogen-bond acceptors (Lipinski definition) is 3. The SMILES string of the molecule is C=CCN1C(=O)C(=O)N(CC(C)C)C1=O. The average molecular weight is 210 g/mol. The molecule has 15 heavy (non-hydrogen) atoms. The minimum Gasteiger partial charge on any atom is -0.263 e. The Labute approximate surface area is 88.3 Å². The van der Waals surface area contributed by atoms with E-state index in [1.54, 1.807) is 0 Å². The van der Waals surface area contributed by atoms with Crippen molar-refractivity contribution in [2.75, 3.05) is 13.1 Å². The van der Waals surface area contributed by atoms with Crippen LogP contribution in [0.25, 0.3) is 0 Å². The molecule has 5 heteroatoms. The number of amides is 4. The van der Waals surface area contributed by atoms with E-state index in [2.05, 4.69) is 6.58 Å². The smallest absolute Gasteiger partial charge is 0.263 e. The minimum atomic E-state index is -0.763. The van der Waals surface area contributed by atoms with Crippen molar-refractivity contribution in [3.63, 3.8) is 0 Å². The van der Waals surface area contributed by atoms with Crippen LogP contribution < -0.4 is 0 Å². The third kappa shape index (κ3) is 2.06. The van der Waals surface area contributed by atoms with Crippen LogP contribution >= 0.6 is 0 Å². The number of nitrogens with zero attached hydrogens (tertiary/aromatic N) is 2. The zero-order valence-electron chi connectivity index (χ0n) is 8.90. The molecule has 1 aliphatic heterocycles. The van der Waals surface area contributed by atoms with Crippen molar-refractivity contribution < 1.29 is 14.4 Å². The summed E-state index contributed by atoms with van der Waals surface area (Å²) >= 11 is 0. The van der Waals surface area contributed by atoms with Crippen molar-refractivity contribution in [1.29, 1.82) is 0 Å². The highest BCUT2D eigenvalue weighted by atomic mass is 16.2. The Hall–Kier alpha value is -1.65. The number of imide groups is 2. The van der Waals surface area contributed by atoms with E-state index in [0.29, 0.717) is 0 Å². The van der Waals surface area contributed by atoms with Crippen molar-refractivity contribution >= 4 is 17.8 Å². The summed E-state index contributed by atoms with van der Waals surface area (Å²) in [4.78, 5) is 36.3. The monoisotopic (exact) mass is 210 g/mol. The van der Waals surface area contributed by atoms with E-state index in [4.69, 9.17) is 0 Å². The van der Waals surface area contributed by atoms with Gasteiger partial charge in [-0.25, -0.2) is 4.79 Å². The molecule has 0 atom stereocenters. The van der Waals surface area contributed by atoms with Crippen LogP contribution in [0, 0.1) is 5.92 Å². The Kier molecular flexibility index (Phi) is 3.24. The van der Waals surface area contributed by atoms with Crippen molar-refractivity contribution in [3.8, 4) is 0 Å². The molecule has 0 aromatic carbocycles. The maximum absolute atomic E-state index is 11.6. The van der Waals surface area contributed by atoms with Crippen molar-refractivity contribution in [3.05, 3.63) is 12.7 Å². The highest BCUT2D eigenvalue weighted by molar-refractivity contribution is 6.44. The van der Waals surface area contributed by atoms with Gasteiger partial charge in [0.1, 0.15) is 0 Å². The van der Waals surface area contributed by atoms with Crippen LogP contribution in [-0.4, -0.2) is 40.7 Å². The summed E-state index contributed by atoms with van der Waals surface area (Å²) in [5.41, 5.74) is 0. The van der Waals surface area contributed by atoms with Gasteiger partial charge in [0.25, 0.3) is 0 Å². The topological polar surface area (TPSA) is 57.7 Å². The van der Waals surface area contributed by atoms with E-state index in [-0.39, 0.29) is 19.0 Å². The first-order valence-electron chi connectivity index (χ1n) is 4.77. The Bertz CT molecular complexity index is 323. The first kappa shape index (κ1) is 11.4. The molecule has 1 rings (SSSR count). The summed E-state index contributed by atoms with van der Waals surface area (Å²) in [7, 11) is 0. The molecule has 0 aromatic heterocycles. The number of urea groups is 1. The van der Waals surface area contributed by atoms with Gasteiger partial charge in [-0.05, 0) is 5.92 Å². The summed E-state index contributed by atoms with van der Waals surface area (Å²) in [6.45, 7) is 7.54. The summed E-state index contributed by atoms with van der Waals surface area (Å²) in [6.07, 6.45) is 1.42. The lowest BCUT2D eigenvalue weighted by molar-refractivity contribution is -0.143. The van der Waals surface area contributed by atoms with Gasteiger partial charge in [0.05, 0.1) is 0 Å². The van der Waals surface area contributed by atoms with Crippen LogP contribution in [0.4, 0.5) is 4.79 Å². The maximum atomic E-state index is 11.6. The normalized spacial score (nSPS) is 16.9. The second-order valence-corrected chi connectivity index (χ2v) is 3.80. The fourth-order valence-corrected chi connectivity index (χ4v) is 1.37. The van der Waals surface area contributed by atoms with Gasteiger partial charge in [0.15, 0.2) is 0 Å². The lowest BCUT2D eigenvalue weighted by Crippen LogP contribution is -2.35. The molecule has 0 bridgehead atoms. The third-order valence-corrected chi connectivity index (χ3v) is 1.99. The summed E-state index contributed by atoms with van der Waals surface area (Å²) < 4.78 is 0. The summed E-state index contributed by atoms with van der Waals surface area (Å²) in [5, 5.41) is 0. The molecular formula is C10H14N2O3. The van der Waals surface area contributed by atoms with Gasteiger partial charge >= 0.3 is 17.8 Å². The molecule has 0 aliphatic carbocycles. The molecule has 0 radical (unpaired) electrons. The molecule has 1 fully saturated rings. The van der Waals surface area contributed by atoms with E-state index in [1.165, 1.54) is 6.08 Å². The number of rotatable bonds is 4. The molecule has 1 heterocycles. The first-order valence-corrected chi connectivity index (χ1v) is 4.77. The van der Waals surface area contributed by atoms with Gasteiger partial charge in [-0.15, -0.1) is 6.58 Å². The van der Waals surface area contributed by atoms with Gasteiger partial charge in [0, 0.05) is 13.1 Å². The molecule has 1 aliphatic rings. The van der Waals surface area contributed by atoms with Gasteiger partial charge in [-0.3, -0.25) is 19.4 Å². The van der Waals surface area contributed by atoms with Crippen molar-refractivity contribution in [1.82, 2.24) is 9.80 Å². The predicted octanol–water partition coefficient (Wildman–Crippen LogP) is 0.619. The van der Waals surface area contributed by atoms with Crippen LogP contribution in [0.5, 0.6) is 0 Å². The van der Waals surface area contributed by atoms with E-state index in [1.807, 2.05) is 13.8 Å². The Balaban J connectivity index is 2.85. The fraction of sp³-hybridized carbons (Fsp3) is 0.500. The van der Waals surface area contributed by atoms with Gasteiger partial charge in [0.2, 0.25) is 0 Å². The van der Waals surface area contributed by atoms with Crippen molar-refractivity contribution in [2.24, 2.45) is 5.92 Å². The highest BCUT2D eigenvalue weighted by Gasteiger charge is 2.43. The lowest BCUT2D eigenvalue weighted by Gasteiger charge is -2.15. The quantitative estimate of drug-likeness (QED) is 0.388. The molecule has 0 N–H and O–H groups in total. The van der Waals surface area contributed by atoms with Crippen LogP contribution in [0.15, 0.2) is 12.7 Å². The molecule has 0 aromatic rings. The average Bonchev–Trinajstić information content (AvgIpc) is 2.35. The number of carbonyl (C=O) groups excluding carboxylic acids is 3. The maximum Gasteiger partial charge on any atom is 0.334 e. The Morgan fingerprint density at radius 1 is 1.20 bits per heavy atom. The molecule has 0 spiro atoms. The van der Waals surface area contributed by atoms with E-state index in [0.717, 1.165) is 9.80 Å². The van der Waals surface area contributed by atoms with Crippen LogP contribution in [0.2, 0.25) is 0 Å². The van der Waals surface area contributed by atoms with Crippen LogP contribution in [0.3, 0.4) is 0 Å². The minimum absolute atomic E-state index is 0.0814. The molecule has 1 saturated heterocycles. The number of hydrogen-bond donors (Lipinski definition) is 0. The largest absolute Gasteiger partial charge is 0.334 e. The first-order chi connectivity index (χ1) is 6.99. The Morgan fingerprint density at radius 2 is 1.73 bits per heavy atom. The number of carbonyl (C=O) groups is 3. The second kappa shape index (κ2) is 4.25. The molecule has 4 amide bonds. The predicted molar refractivity (Wildman–Crippen MR) is 53.9 cm³/mol. The van der Waals surface area contributed by atoms with Gasteiger partial charge in [-0.1, -0.05) is 19.9 Å². The van der Waals surface area contributed by atoms with E-state index >= 15 is 0 Å². The van der Waals surface area contributed by atoms with Gasteiger partial charge in [-0.2, -0.15) is 0 Å². The summed E-state index contributed by atoms with van der Waals surface area (Å²) in [6, 6.07) is -0.543. The molecule has 82 valence electrons. The van der Waals surface area contributed by atoms with Crippen LogP contribution in [-0.2, 0) is 9.59 Å². The van der Waals surface area contributed by atoms with Gasteiger partial charge < -0.3 is 0 Å². The van der Waals surface area contributed by atoms with E-state index in [9.17, 15) is 14.4 Å². The molecule has 0 unspecified atom stereocenters. The summed E-state index contributed by atoms with van der Waals surface area (Å²) in [5.74, 6) is -1.36. The standard InChI is InChI=1S/C10H14N2O3/c1-4-5-11-8(13)9(14)12(10(11)15)6-7(2)3/h4,7H,1,5-6H2,2-3H3. The lowest BCUT2D eigenvalue weighted by atomic mass is 10.2. The molecule has 0 saturated carbocycles. The zero-order chi connectivity index (χ0) is 11.6. The van der Waals surface area contributed by atoms with Crippen molar-refractivity contribution in [2.45, 2.75) is 13.8 Å². The third-order valence-electron chi connectivity index (χ3n) is 1.99. The van der Waals surface area contributed by atoms with E-state index < -0.39 is 17.8 Å². The highest BCUT2D eigenvalue weighted by Crippen LogP contribution is 2.13.